The van der Waals surface area contributed by atoms with E-state index >= 15 is 0 Å². The summed E-state index contributed by atoms with van der Waals surface area (Å²) in [7, 11) is -0.280. The van der Waals surface area contributed by atoms with Gasteiger partial charge in [-0.2, -0.15) is 0 Å². The molecule has 1 radical (unpaired) electrons. The maximum absolute atomic E-state index is 3.34. The third-order valence-corrected chi connectivity index (χ3v) is 6.85. The highest BCUT2D eigenvalue weighted by molar-refractivity contribution is 7.17. The van der Waals surface area contributed by atoms with E-state index in [1.807, 2.05) is 11.3 Å². The van der Waals surface area contributed by atoms with E-state index in [9.17, 15) is 0 Å². The normalized spacial score (nSPS) is 11.5. The van der Waals surface area contributed by atoms with Gasteiger partial charge in [-0.15, -0.1) is 17.3 Å². The van der Waals surface area contributed by atoms with Gasteiger partial charge in [-0.3, -0.25) is 0 Å². The molecule has 0 nitrogen and oxygen atoms in total. The molecular formula is C25H19SSi. The number of fused-ring (bicyclic) bond motifs is 6. The Bertz CT molecular complexity index is 1380. The molecule has 129 valence electrons. The van der Waals surface area contributed by atoms with Crippen LogP contribution in [-0.2, 0) is 0 Å². The van der Waals surface area contributed by atoms with Crippen molar-refractivity contribution in [2.24, 2.45) is 0 Å². The maximum atomic E-state index is 3.34. The average molecular weight is 380 g/mol. The predicted octanol–water partition coefficient (Wildman–Crippen LogP) is 7.47. The highest BCUT2D eigenvalue weighted by atomic mass is 32.1. The second-order valence-corrected chi connectivity index (χ2v) is 11.1. The Morgan fingerprint density at radius 1 is 0.741 bits per heavy atom. The maximum Gasteiger partial charge on any atom is 0.0556 e. The van der Waals surface area contributed by atoms with Crippen molar-refractivity contribution in [3.8, 4) is 11.8 Å². The minimum Gasteiger partial charge on any atom is -0.144 e. The van der Waals surface area contributed by atoms with Crippen molar-refractivity contribution in [1.29, 1.82) is 0 Å². The summed E-state index contributed by atoms with van der Waals surface area (Å²) in [6, 6.07) is 23.6. The standard InChI is InChI=1S/C25H19SSi/c1-27(2)13-3-4-17-5-6-18-16-24-19(15-20(18)14-17)7-8-21-22(24)9-10-25-23(21)11-12-26-25/h5-12,14-16H,13H2,1-2H3. The first kappa shape index (κ1) is 16.6. The molecule has 0 amide bonds. The fourth-order valence-corrected chi connectivity index (χ4v) is 4.99. The summed E-state index contributed by atoms with van der Waals surface area (Å²) >= 11 is 1.81. The van der Waals surface area contributed by atoms with Gasteiger partial charge in [0.2, 0.25) is 0 Å². The lowest BCUT2D eigenvalue weighted by molar-refractivity contribution is 1.67. The van der Waals surface area contributed by atoms with Crippen LogP contribution in [0.5, 0.6) is 0 Å². The Balaban J connectivity index is 1.71. The summed E-state index contributed by atoms with van der Waals surface area (Å²) in [6.07, 6.45) is 0. The van der Waals surface area contributed by atoms with Crippen LogP contribution in [0.4, 0.5) is 0 Å². The molecule has 0 unspecified atom stereocenters. The molecule has 1 heterocycles. The van der Waals surface area contributed by atoms with Gasteiger partial charge in [-0.1, -0.05) is 43.3 Å². The molecule has 0 spiro atoms. The van der Waals surface area contributed by atoms with Crippen molar-refractivity contribution in [3.63, 3.8) is 0 Å². The van der Waals surface area contributed by atoms with E-state index in [1.165, 1.54) is 42.4 Å². The largest absolute Gasteiger partial charge is 0.144 e. The van der Waals surface area contributed by atoms with E-state index in [0.29, 0.717) is 0 Å². The Labute approximate surface area is 165 Å². The SMILES string of the molecule is C[Si](C)CC#Cc1ccc2cc3c(ccc4c5ccsc5ccc34)cc2c1. The Morgan fingerprint density at radius 2 is 1.56 bits per heavy atom. The molecule has 0 aliphatic heterocycles. The summed E-state index contributed by atoms with van der Waals surface area (Å²) in [5, 5.41) is 11.4. The van der Waals surface area contributed by atoms with E-state index in [2.05, 4.69) is 91.0 Å². The quantitative estimate of drug-likeness (QED) is 0.123. The summed E-state index contributed by atoms with van der Waals surface area (Å²) in [5.74, 6) is 6.68. The van der Waals surface area contributed by atoms with Crippen LogP contribution in [0.25, 0.3) is 42.4 Å². The van der Waals surface area contributed by atoms with Gasteiger partial charge in [0.05, 0.1) is 8.80 Å². The molecule has 0 N–H and O–H groups in total. The molecule has 27 heavy (non-hydrogen) atoms. The third-order valence-electron chi connectivity index (χ3n) is 5.08. The molecule has 0 fully saturated rings. The molecule has 5 rings (SSSR count). The van der Waals surface area contributed by atoms with Gasteiger partial charge in [0.15, 0.2) is 0 Å². The van der Waals surface area contributed by atoms with Crippen LogP contribution in [0.2, 0.25) is 19.1 Å². The smallest absolute Gasteiger partial charge is 0.0556 e. The summed E-state index contributed by atoms with van der Waals surface area (Å²) < 4.78 is 1.36. The molecule has 0 bridgehead atoms. The first-order chi connectivity index (χ1) is 13.2. The number of benzene rings is 4. The summed E-state index contributed by atoms with van der Waals surface area (Å²) in [5.41, 5.74) is 1.12. The summed E-state index contributed by atoms with van der Waals surface area (Å²) in [4.78, 5) is 0. The van der Waals surface area contributed by atoms with Crippen molar-refractivity contribution < 1.29 is 0 Å². The molecule has 0 aliphatic rings. The Morgan fingerprint density at radius 3 is 2.44 bits per heavy atom. The molecular weight excluding hydrogens is 360 g/mol. The lowest BCUT2D eigenvalue weighted by Crippen LogP contribution is -1.95. The predicted molar refractivity (Wildman–Crippen MR) is 124 cm³/mol. The molecule has 2 heteroatoms. The van der Waals surface area contributed by atoms with Crippen molar-refractivity contribution >= 4 is 62.5 Å². The molecule has 0 saturated carbocycles. The minimum atomic E-state index is -0.280. The fraction of sp³-hybridized carbons (Fsp3) is 0.120. The zero-order chi connectivity index (χ0) is 18.4. The van der Waals surface area contributed by atoms with Crippen molar-refractivity contribution in [2.75, 3.05) is 0 Å². The van der Waals surface area contributed by atoms with E-state index in [0.717, 1.165) is 11.6 Å². The van der Waals surface area contributed by atoms with Crippen LogP contribution in [0.1, 0.15) is 5.56 Å². The first-order valence-electron chi connectivity index (χ1n) is 9.23. The third kappa shape index (κ3) is 2.94. The number of hydrogen-bond acceptors (Lipinski definition) is 1. The van der Waals surface area contributed by atoms with E-state index in [4.69, 9.17) is 0 Å². The lowest BCUT2D eigenvalue weighted by atomic mass is 9.96. The summed E-state index contributed by atoms with van der Waals surface area (Å²) in [6.45, 7) is 4.61. The van der Waals surface area contributed by atoms with Gasteiger partial charge in [0.1, 0.15) is 0 Å². The first-order valence-corrected chi connectivity index (χ1v) is 12.8. The van der Waals surface area contributed by atoms with Gasteiger partial charge in [-0.05, 0) is 74.1 Å². The van der Waals surface area contributed by atoms with Gasteiger partial charge in [-0.25, -0.2) is 0 Å². The minimum absolute atomic E-state index is 0.280. The van der Waals surface area contributed by atoms with Gasteiger partial charge in [0.25, 0.3) is 0 Å². The second-order valence-electron chi connectivity index (χ2n) is 7.38. The number of hydrogen-bond donors (Lipinski definition) is 0. The van der Waals surface area contributed by atoms with E-state index < -0.39 is 0 Å². The Hall–Kier alpha value is -2.60. The van der Waals surface area contributed by atoms with E-state index in [-0.39, 0.29) is 8.80 Å². The molecule has 4 aromatic carbocycles. The molecule has 0 aliphatic carbocycles. The molecule has 0 atom stereocenters. The van der Waals surface area contributed by atoms with Crippen LogP contribution in [-0.4, -0.2) is 8.80 Å². The molecule has 1 aromatic heterocycles. The van der Waals surface area contributed by atoms with Gasteiger partial charge >= 0.3 is 0 Å². The second kappa shape index (κ2) is 6.53. The number of rotatable bonds is 1. The molecule has 0 saturated heterocycles. The topological polar surface area (TPSA) is 0 Å². The van der Waals surface area contributed by atoms with E-state index in [1.54, 1.807) is 0 Å². The van der Waals surface area contributed by atoms with Crippen LogP contribution in [0.3, 0.4) is 0 Å². The Kier molecular flexibility index (Phi) is 4.01. The highest BCUT2D eigenvalue weighted by Crippen LogP contribution is 2.35. The van der Waals surface area contributed by atoms with Crippen LogP contribution >= 0.6 is 11.3 Å². The fourth-order valence-electron chi connectivity index (χ4n) is 3.74. The van der Waals surface area contributed by atoms with Crippen LogP contribution in [0.15, 0.2) is 66.0 Å². The zero-order valence-corrected chi connectivity index (χ0v) is 17.3. The van der Waals surface area contributed by atoms with Crippen LogP contribution < -0.4 is 0 Å². The zero-order valence-electron chi connectivity index (χ0n) is 15.5. The van der Waals surface area contributed by atoms with Crippen molar-refractivity contribution in [2.45, 2.75) is 19.1 Å². The van der Waals surface area contributed by atoms with Gasteiger partial charge in [0, 0.05) is 21.7 Å². The monoisotopic (exact) mass is 379 g/mol. The van der Waals surface area contributed by atoms with Gasteiger partial charge < -0.3 is 0 Å². The number of thiophene rings is 1. The lowest BCUT2D eigenvalue weighted by Gasteiger charge is -2.08. The van der Waals surface area contributed by atoms with Crippen molar-refractivity contribution in [3.05, 3.63) is 71.6 Å². The van der Waals surface area contributed by atoms with Crippen molar-refractivity contribution in [1.82, 2.24) is 0 Å². The van der Waals surface area contributed by atoms with Crippen LogP contribution in [0, 0.1) is 11.8 Å². The molecule has 5 aromatic rings. The highest BCUT2D eigenvalue weighted by Gasteiger charge is 2.07. The average Bonchev–Trinajstić information content (AvgIpc) is 3.15.